The van der Waals surface area contributed by atoms with Gasteiger partial charge >= 0.3 is 5.97 Å². The fourth-order valence-corrected chi connectivity index (χ4v) is 1.91. The molecule has 2 rings (SSSR count). The van der Waals surface area contributed by atoms with Crippen LogP contribution in [-0.2, 0) is 4.74 Å². The zero-order valence-electron chi connectivity index (χ0n) is 12.9. The normalized spacial score (nSPS) is 9.96. The molecule has 7 heteroatoms. The Morgan fingerprint density at radius 3 is 2.83 bits per heavy atom. The van der Waals surface area contributed by atoms with Crippen LogP contribution in [0.4, 0.5) is 23.0 Å². The molecule has 1 aromatic carbocycles. The van der Waals surface area contributed by atoms with Crippen LogP contribution in [0.25, 0.3) is 0 Å². The summed E-state index contributed by atoms with van der Waals surface area (Å²) in [5.74, 6) is 0.493. The molecule has 23 heavy (non-hydrogen) atoms. The average Bonchev–Trinajstić information content (AvgIpc) is 2.56. The third-order valence-corrected chi connectivity index (χ3v) is 2.97. The quantitative estimate of drug-likeness (QED) is 0.533. The van der Waals surface area contributed by atoms with Gasteiger partial charge in [-0.25, -0.2) is 14.8 Å². The average molecular weight is 313 g/mol. The summed E-state index contributed by atoms with van der Waals surface area (Å²) < 4.78 is 5.05. The summed E-state index contributed by atoms with van der Waals surface area (Å²) >= 11 is 0. The van der Waals surface area contributed by atoms with Crippen LogP contribution >= 0.6 is 0 Å². The molecule has 4 N–H and O–H groups in total. The van der Waals surface area contributed by atoms with Gasteiger partial charge in [-0.15, -0.1) is 6.58 Å². The Kier molecular flexibility index (Phi) is 5.51. The van der Waals surface area contributed by atoms with Gasteiger partial charge in [-0.3, -0.25) is 0 Å². The number of nitrogens with one attached hydrogen (secondary N) is 2. The number of aromatic nitrogens is 2. The third kappa shape index (κ3) is 3.97. The van der Waals surface area contributed by atoms with Crippen LogP contribution in [0.15, 0.2) is 43.2 Å². The summed E-state index contributed by atoms with van der Waals surface area (Å²) in [6.07, 6.45) is 3.09. The first-order valence-corrected chi connectivity index (χ1v) is 7.15. The molecule has 0 spiro atoms. The van der Waals surface area contributed by atoms with Gasteiger partial charge in [0.15, 0.2) is 11.6 Å². The van der Waals surface area contributed by atoms with Gasteiger partial charge in [0.2, 0.25) is 0 Å². The van der Waals surface area contributed by atoms with E-state index in [1.54, 1.807) is 37.3 Å². The van der Waals surface area contributed by atoms with Crippen molar-refractivity contribution >= 4 is 29.0 Å². The molecular formula is C16H19N5O2. The monoisotopic (exact) mass is 313 g/mol. The highest BCUT2D eigenvalue weighted by atomic mass is 16.5. The number of nitrogen functional groups attached to an aromatic ring is 1. The number of nitrogens with two attached hydrogens (primary N) is 1. The van der Waals surface area contributed by atoms with Crippen molar-refractivity contribution in [1.82, 2.24) is 9.97 Å². The largest absolute Gasteiger partial charge is 0.462 e. The first kappa shape index (κ1) is 16.3. The second-order valence-corrected chi connectivity index (χ2v) is 4.55. The predicted octanol–water partition coefficient (Wildman–Crippen LogP) is 2.58. The fourth-order valence-electron chi connectivity index (χ4n) is 1.91. The molecular weight excluding hydrogens is 294 g/mol. The summed E-state index contributed by atoms with van der Waals surface area (Å²) in [7, 11) is 0. The molecule has 0 aliphatic heterocycles. The number of ether oxygens (including phenoxy) is 1. The number of benzene rings is 1. The molecule has 0 radical (unpaired) electrons. The molecule has 1 heterocycles. The lowest BCUT2D eigenvalue weighted by atomic mass is 10.2. The fraction of sp³-hybridized carbons (Fsp3) is 0.188. The van der Waals surface area contributed by atoms with Gasteiger partial charge in [0.1, 0.15) is 12.0 Å². The predicted molar refractivity (Wildman–Crippen MR) is 90.8 cm³/mol. The number of carbonyl (C=O) groups excluding carboxylic acids is 1. The molecule has 0 saturated carbocycles. The number of hydrogen-bond donors (Lipinski definition) is 3. The van der Waals surface area contributed by atoms with Gasteiger partial charge < -0.3 is 21.1 Å². The van der Waals surface area contributed by atoms with E-state index in [1.807, 2.05) is 0 Å². The zero-order valence-corrected chi connectivity index (χ0v) is 12.9. The van der Waals surface area contributed by atoms with Crippen molar-refractivity contribution in [3.63, 3.8) is 0 Å². The summed E-state index contributed by atoms with van der Waals surface area (Å²) in [6.45, 7) is 6.22. The van der Waals surface area contributed by atoms with Gasteiger partial charge in [-0.2, -0.15) is 0 Å². The molecule has 0 fully saturated rings. The number of carbonyl (C=O) groups is 1. The maximum atomic E-state index is 12.0. The molecule has 1 aromatic heterocycles. The molecule has 0 atom stereocenters. The van der Waals surface area contributed by atoms with Crippen LogP contribution in [0, 0.1) is 0 Å². The van der Waals surface area contributed by atoms with E-state index < -0.39 is 5.97 Å². The van der Waals surface area contributed by atoms with Crippen molar-refractivity contribution in [2.45, 2.75) is 6.92 Å². The molecule has 0 bridgehead atoms. The number of esters is 1. The number of anilines is 4. The highest BCUT2D eigenvalue weighted by Crippen LogP contribution is 2.27. The van der Waals surface area contributed by atoms with Gasteiger partial charge in [-0.05, 0) is 19.1 Å². The van der Waals surface area contributed by atoms with Crippen molar-refractivity contribution in [1.29, 1.82) is 0 Å². The van der Waals surface area contributed by atoms with Crippen LogP contribution in [0.1, 0.15) is 17.3 Å². The summed E-state index contributed by atoms with van der Waals surface area (Å²) in [6, 6.07) is 7.00. The van der Waals surface area contributed by atoms with Crippen molar-refractivity contribution in [3.05, 3.63) is 48.8 Å². The first-order chi connectivity index (χ1) is 11.2. The highest BCUT2D eigenvalue weighted by molar-refractivity contribution is 5.97. The van der Waals surface area contributed by atoms with Crippen molar-refractivity contribution < 1.29 is 9.53 Å². The van der Waals surface area contributed by atoms with E-state index in [-0.39, 0.29) is 0 Å². The number of para-hydroxylation sites is 1. The lowest BCUT2D eigenvalue weighted by molar-refractivity contribution is 0.0527. The number of hydrogen-bond acceptors (Lipinski definition) is 7. The van der Waals surface area contributed by atoms with Gasteiger partial charge in [-0.1, -0.05) is 18.2 Å². The van der Waals surface area contributed by atoms with Crippen LogP contribution in [0.5, 0.6) is 0 Å². The standard InChI is InChI=1S/C16H19N5O2/c1-3-9-18-14-13(17)15(20-10-19-14)21-12-8-6-5-7-11(12)16(22)23-4-2/h3,5-8,10H,1,4,9,17H2,2H3,(H2,18,19,20,21). The minimum Gasteiger partial charge on any atom is -0.462 e. The van der Waals surface area contributed by atoms with Crippen LogP contribution in [-0.4, -0.2) is 29.1 Å². The van der Waals surface area contributed by atoms with E-state index in [1.165, 1.54) is 6.33 Å². The van der Waals surface area contributed by atoms with Crippen LogP contribution < -0.4 is 16.4 Å². The van der Waals surface area contributed by atoms with E-state index in [4.69, 9.17) is 10.5 Å². The molecule has 0 saturated heterocycles. The number of nitrogens with zero attached hydrogens (tertiary/aromatic N) is 2. The first-order valence-electron chi connectivity index (χ1n) is 7.15. The van der Waals surface area contributed by atoms with Gasteiger partial charge in [0, 0.05) is 6.54 Å². The smallest absolute Gasteiger partial charge is 0.340 e. The maximum Gasteiger partial charge on any atom is 0.340 e. The lowest BCUT2D eigenvalue weighted by Gasteiger charge is -2.14. The molecule has 7 nitrogen and oxygen atoms in total. The summed E-state index contributed by atoms with van der Waals surface area (Å²) in [5, 5.41) is 6.07. The lowest BCUT2D eigenvalue weighted by Crippen LogP contribution is -2.11. The summed E-state index contributed by atoms with van der Waals surface area (Å²) in [4.78, 5) is 20.2. The minimum atomic E-state index is -0.409. The Hall–Kier alpha value is -3.09. The van der Waals surface area contributed by atoms with E-state index in [9.17, 15) is 4.79 Å². The van der Waals surface area contributed by atoms with Gasteiger partial charge in [0.25, 0.3) is 0 Å². The summed E-state index contributed by atoms with van der Waals surface area (Å²) in [5.41, 5.74) is 7.38. The second-order valence-electron chi connectivity index (χ2n) is 4.55. The third-order valence-electron chi connectivity index (χ3n) is 2.97. The van der Waals surface area contributed by atoms with E-state index in [0.717, 1.165) is 0 Å². The van der Waals surface area contributed by atoms with E-state index in [2.05, 4.69) is 27.2 Å². The Morgan fingerprint density at radius 2 is 2.09 bits per heavy atom. The Labute approximate surface area is 134 Å². The second kappa shape index (κ2) is 7.79. The zero-order chi connectivity index (χ0) is 16.7. The Balaban J connectivity index is 2.29. The molecule has 0 unspecified atom stereocenters. The van der Waals surface area contributed by atoms with Crippen molar-refractivity contribution in [2.75, 3.05) is 29.5 Å². The Morgan fingerprint density at radius 1 is 1.35 bits per heavy atom. The Bertz CT molecular complexity index is 703. The topological polar surface area (TPSA) is 102 Å². The molecule has 120 valence electrons. The van der Waals surface area contributed by atoms with E-state index >= 15 is 0 Å². The molecule has 0 amide bonds. The molecule has 0 aliphatic carbocycles. The SMILES string of the molecule is C=CCNc1ncnc(Nc2ccccc2C(=O)OCC)c1N. The van der Waals surface area contributed by atoms with Crippen LogP contribution in [0.2, 0.25) is 0 Å². The van der Waals surface area contributed by atoms with E-state index in [0.29, 0.717) is 41.7 Å². The number of rotatable bonds is 7. The van der Waals surface area contributed by atoms with Crippen molar-refractivity contribution in [3.8, 4) is 0 Å². The molecule has 2 aromatic rings. The maximum absolute atomic E-state index is 12.0. The van der Waals surface area contributed by atoms with Gasteiger partial charge in [0.05, 0.1) is 17.9 Å². The van der Waals surface area contributed by atoms with Crippen molar-refractivity contribution in [2.24, 2.45) is 0 Å². The van der Waals surface area contributed by atoms with Crippen LogP contribution in [0.3, 0.4) is 0 Å². The minimum absolute atomic E-state index is 0.304. The molecule has 0 aliphatic rings. The highest BCUT2D eigenvalue weighted by Gasteiger charge is 2.14.